The van der Waals surface area contributed by atoms with Crippen LogP contribution < -0.4 is 9.47 Å². The molecule has 2 atom stereocenters. The van der Waals surface area contributed by atoms with Gasteiger partial charge in [0.05, 0.1) is 13.2 Å². The SMILES string of the molecule is CCCN1CCC(O)C(Cc2ccc(OC)c(OCc3ccc(C)cc3)c2)C1. The Labute approximate surface area is 169 Å². The molecule has 152 valence electrons. The van der Waals surface area contributed by atoms with E-state index in [0.29, 0.717) is 6.61 Å². The van der Waals surface area contributed by atoms with Crippen LogP contribution in [0.1, 0.15) is 36.5 Å². The zero-order valence-electron chi connectivity index (χ0n) is 17.4. The highest BCUT2D eigenvalue weighted by molar-refractivity contribution is 5.43. The summed E-state index contributed by atoms with van der Waals surface area (Å²) in [4.78, 5) is 2.47. The summed E-state index contributed by atoms with van der Waals surface area (Å²) < 4.78 is 11.6. The van der Waals surface area contributed by atoms with E-state index >= 15 is 0 Å². The standard InChI is InChI=1S/C24H33NO3/c1-4-12-25-13-11-22(26)21(16-25)14-20-9-10-23(27-3)24(15-20)28-17-19-7-5-18(2)6-8-19/h5-10,15,21-22,26H,4,11-14,16-17H2,1-3H3. The number of methoxy groups -OCH3 is 1. The minimum Gasteiger partial charge on any atom is -0.493 e. The average molecular weight is 384 g/mol. The minimum atomic E-state index is -0.230. The van der Waals surface area contributed by atoms with Gasteiger partial charge in [0.25, 0.3) is 0 Å². The molecule has 0 aromatic heterocycles. The number of aliphatic hydroxyl groups is 1. The van der Waals surface area contributed by atoms with Crippen molar-refractivity contribution in [2.24, 2.45) is 5.92 Å². The van der Waals surface area contributed by atoms with Crippen LogP contribution in [0.3, 0.4) is 0 Å². The molecule has 3 rings (SSSR count). The number of ether oxygens (including phenoxy) is 2. The largest absolute Gasteiger partial charge is 0.493 e. The monoisotopic (exact) mass is 383 g/mol. The Kier molecular flexibility index (Phi) is 7.35. The second-order valence-electron chi connectivity index (χ2n) is 7.88. The molecule has 2 unspecified atom stereocenters. The number of piperidine rings is 1. The van der Waals surface area contributed by atoms with Crippen molar-refractivity contribution in [3.05, 3.63) is 59.2 Å². The zero-order chi connectivity index (χ0) is 19.9. The van der Waals surface area contributed by atoms with Crippen LogP contribution in [0.2, 0.25) is 0 Å². The van der Waals surface area contributed by atoms with Gasteiger partial charge in [-0.1, -0.05) is 42.8 Å². The maximum absolute atomic E-state index is 10.5. The lowest BCUT2D eigenvalue weighted by Crippen LogP contribution is -2.44. The van der Waals surface area contributed by atoms with E-state index in [1.165, 1.54) is 11.1 Å². The van der Waals surface area contributed by atoms with Gasteiger partial charge in [-0.3, -0.25) is 0 Å². The van der Waals surface area contributed by atoms with Gasteiger partial charge in [0.1, 0.15) is 6.61 Å². The Hall–Kier alpha value is -2.04. The van der Waals surface area contributed by atoms with Crippen molar-refractivity contribution in [2.45, 2.75) is 45.8 Å². The third kappa shape index (κ3) is 5.49. The predicted molar refractivity (Wildman–Crippen MR) is 113 cm³/mol. The van der Waals surface area contributed by atoms with Gasteiger partial charge in [-0.25, -0.2) is 0 Å². The molecule has 1 fully saturated rings. The lowest BCUT2D eigenvalue weighted by molar-refractivity contribution is 0.0270. The first-order valence-corrected chi connectivity index (χ1v) is 10.3. The van der Waals surface area contributed by atoms with Crippen molar-refractivity contribution in [1.82, 2.24) is 4.90 Å². The van der Waals surface area contributed by atoms with E-state index in [2.05, 4.69) is 55.1 Å². The van der Waals surface area contributed by atoms with Gasteiger partial charge in [0.15, 0.2) is 11.5 Å². The van der Waals surface area contributed by atoms with Crippen LogP contribution in [-0.4, -0.2) is 42.9 Å². The van der Waals surface area contributed by atoms with Gasteiger partial charge < -0.3 is 19.5 Å². The first kappa shape index (κ1) is 20.7. The van der Waals surface area contributed by atoms with Crippen LogP contribution in [0.4, 0.5) is 0 Å². The van der Waals surface area contributed by atoms with Crippen molar-refractivity contribution < 1.29 is 14.6 Å². The van der Waals surface area contributed by atoms with E-state index in [0.717, 1.165) is 56.0 Å². The Morgan fingerprint density at radius 1 is 1.07 bits per heavy atom. The average Bonchev–Trinajstić information content (AvgIpc) is 2.70. The molecular formula is C24H33NO3. The van der Waals surface area contributed by atoms with E-state index in [1.54, 1.807) is 7.11 Å². The highest BCUT2D eigenvalue weighted by atomic mass is 16.5. The molecule has 1 N–H and O–H groups in total. The van der Waals surface area contributed by atoms with Gasteiger partial charge in [-0.15, -0.1) is 0 Å². The molecule has 1 aliphatic rings. The Bertz CT molecular complexity index is 744. The van der Waals surface area contributed by atoms with E-state index in [1.807, 2.05) is 6.07 Å². The summed E-state index contributed by atoms with van der Waals surface area (Å²) in [5.41, 5.74) is 3.56. The number of aryl methyl sites for hydroxylation is 1. The summed E-state index contributed by atoms with van der Waals surface area (Å²) in [6.45, 7) is 7.87. The van der Waals surface area contributed by atoms with Crippen LogP contribution >= 0.6 is 0 Å². The summed E-state index contributed by atoms with van der Waals surface area (Å²) in [5, 5.41) is 10.5. The van der Waals surface area contributed by atoms with Gasteiger partial charge >= 0.3 is 0 Å². The second-order valence-corrected chi connectivity index (χ2v) is 7.88. The van der Waals surface area contributed by atoms with E-state index in [9.17, 15) is 5.11 Å². The molecule has 0 spiro atoms. The smallest absolute Gasteiger partial charge is 0.161 e. The van der Waals surface area contributed by atoms with Gasteiger partial charge in [0.2, 0.25) is 0 Å². The van der Waals surface area contributed by atoms with Gasteiger partial charge in [0, 0.05) is 19.0 Å². The van der Waals surface area contributed by atoms with Crippen LogP contribution in [0, 0.1) is 12.8 Å². The number of aliphatic hydroxyl groups excluding tert-OH is 1. The number of rotatable bonds is 8. The Balaban J connectivity index is 1.68. The molecule has 28 heavy (non-hydrogen) atoms. The fourth-order valence-electron chi connectivity index (χ4n) is 3.92. The quantitative estimate of drug-likeness (QED) is 0.741. The molecule has 0 saturated carbocycles. The van der Waals surface area contributed by atoms with E-state index < -0.39 is 0 Å². The number of hydrogen-bond donors (Lipinski definition) is 1. The fourth-order valence-corrected chi connectivity index (χ4v) is 3.92. The second kappa shape index (κ2) is 9.94. The number of hydrogen-bond acceptors (Lipinski definition) is 4. The minimum absolute atomic E-state index is 0.230. The Morgan fingerprint density at radius 2 is 1.82 bits per heavy atom. The lowest BCUT2D eigenvalue weighted by Gasteiger charge is -2.36. The highest BCUT2D eigenvalue weighted by Crippen LogP contribution is 2.31. The van der Waals surface area contributed by atoms with Crippen molar-refractivity contribution >= 4 is 0 Å². The van der Waals surface area contributed by atoms with Crippen LogP contribution in [0.15, 0.2) is 42.5 Å². The molecular weight excluding hydrogens is 350 g/mol. The lowest BCUT2D eigenvalue weighted by atomic mass is 9.88. The Morgan fingerprint density at radius 3 is 2.54 bits per heavy atom. The molecule has 0 aliphatic carbocycles. The molecule has 0 amide bonds. The summed E-state index contributed by atoms with van der Waals surface area (Å²) >= 11 is 0. The molecule has 2 aromatic carbocycles. The summed E-state index contributed by atoms with van der Waals surface area (Å²) in [6.07, 6.45) is 2.64. The molecule has 4 nitrogen and oxygen atoms in total. The third-order valence-electron chi connectivity index (χ3n) is 5.56. The normalized spacial score (nSPS) is 20.1. The molecule has 1 heterocycles. The number of likely N-dealkylation sites (tertiary alicyclic amines) is 1. The molecule has 0 radical (unpaired) electrons. The van der Waals surface area contributed by atoms with Crippen LogP contribution in [0.5, 0.6) is 11.5 Å². The molecule has 1 aliphatic heterocycles. The van der Waals surface area contributed by atoms with Crippen molar-refractivity contribution in [3.8, 4) is 11.5 Å². The van der Waals surface area contributed by atoms with E-state index in [4.69, 9.17) is 9.47 Å². The molecule has 0 bridgehead atoms. The van der Waals surface area contributed by atoms with Crippen molar-refractivity contribution in [3.63, 3.8) is 0 Å². The molecule has 4 heteroatoms. The maximum Gasteiger partial charge on any atom is 0.161 e. The molecule has 2 aromatic rings. The van der Waals surface area contributed by atoms with Crippen molar-refractivity contribution in [1.29, 1.82) is 0 Å². The summed E-state index contributed by atoms with van der Waals surface area (Å²) in [6, 6.07) is 14.5. The summed E-state index contributed by atoms with van der Waals surface area (Å²) in [5.74, 6) is 1.77. The van der Waals surface area contributed by atoms with Crippen LogP contribution in [-0.2, 0) is 13.0 Å². The molecule has 1 saturated heterocycles. The van der Waals surface area contributed by atoms with Gasteiger partial charge in [-0.05, 0) is 56.0 Å². The van der Waals surface area contributed by atoms with Gasteiger partial charge in [-0.2, -0.15) is 0 Å². The summed E-state index contributed by atoms with van der Waals surface area (Å²) in [7, 11) is 1.67. The first-order chi connectivity index (χ1) is 13.6. The number of nitrogens with zero attached hydrogens (tertiary/aromatic N) is 1. The topological polar surface area (TPSA) is 41.9 Å². The fraction of sp³-hybridized carbons (Fsp3) is 0.500. The number of benzene rings is 2. The van der Waals surface area contributed by atoms with E-state index in [-0.39, 0.29) is 12.0 Å². The predicted octanol–water partition coefficient (Wildman–Crippen LogP) is 4.22. The zero-order valence-corrected chi connectivity index (χ0v) is 17.4. The first-order valence-electron chi connectivity index (χ1n) is 10.3. The van der Waals surface area contributed by atoms with Crippen molar-refractivity contribution in [2.75, 3.05) is 26.7 Å². The highest BCUT2D eigenvalue weighted by Gasteiger charge is 2.27. The third-order valence-corrected chi connectivity index (χ3v) is 5.56. The van der Waals surface area contributed by atoms with Crippen LogP contribution in [0.25, 0.3) is 0 Å². The maximum atomic E-state index is 10.5.